The van der Waals surface area contributed by atoms with Gasteiger partial charge in [0.2, 0.25) is 0 Å². The molecule has 0 heterocycles. The van der Waals surface area contributed by atoms with Gasteiger partial charge in [-0.25, -0.2) is 0 Å². The molecule has 2 aromatic rings. The van der Waals surface area contributed by atoms with E-state index in [9.17, 15) is 10.2 Å². The highest BCUT2D eigenvalue weighted by molar-refractivity contribution is 5.28. The lowest BCUT2D eigenvalue weighted by molar-refractivity contribution is 0.0428. The topological polar surface area (TPSA) is 43.7 Å². The van der Waals surface area contributed by atoms with Gasteiger partial charge in [-0.2, -0.15) is 0 Å². The van der Waals surface area contributed by atoms with Crippen LogP contribution < -0.4 is 0 Å². The van der Waals surface area contributed by atoms with Crippen molar-refractivity contribution in [2.24, 2.45) is 0 Å². The molecule has 22 heavy (non-hydrogen) atoms. The van der Waals surface area contributed by atoms with Crippen molar-refractivity contribution in [1.29, 1.82) is 0 Å². The molecule has 118 valence electrons. The van der Waals surface area contributed by atoms with Gasteiger partial charge in [-0.1, -0.05) is 54.6 Å². The molecule has 3 nitrogen and oxygen atoms in total. The van der Waals surface area contributed by atoms with Crippen LogP contribution in [0.1, 0.15) is 29.7 Å². The van der Waals surface area contributed by atoms with Gasteiger partial charge in [0.25, 0.3) is 0 Å². The molecule has 0 aliphatic rings. The minimum Gasteiger partial charge on any atom is -0.395 e. The summed E-state index contributed by atoms with van der Waals surface area (Å²) in [6.45, 7) is 5.36. The molecule has 2 aromatic carbocycles. The summed E-state index contributed by atoms with van der Waals surface area (Å²) in [4.78, 5) is 2.12. The average Bonchev–Trinajstić information content (AvgIpc) is 2.54. The van der Waals surface area contributed by atoms with E-state index in [1.54, 1.807) is 0 Å². The van der Waals surface area contributed by atoms with E-state index in [-0.39, 0.29) is 12.6 Å². The highest BCUT2D eigenvalue weighted by atomic mass is 16.3. The number of rotatable bonds is 7. The molecule has 0 saturated heterocycles. The van der Waals surface area contributed by atoms with Crippen LogP contribution in [0.3, 0.4) is 0 Å². The Morgan fingerprint density at radius 3 is 2.27 bits per heavy atom. The standard InChI is InChI=1S/C19H25NO2/c1-15-8-6-7-11-18(15)19(22)16(2)20(12-13-21)14-17-9-4-3-5-10-17/h3-11,16,19,21-22H,12-14H2,1-2H3. The molecule has 0 radical (unpaired) electrons. The number of hydrogen-bond donors (Lipinski definition) is 2. The van der Waals surface area contributed by atoms with Crippen molar-refractivity contribution in [1.82, 2.24) is 4.90 Å². The second kappa shape index (κ2) is 8.08. The van der Waals surface area contributed by atoms with E-state index in [2.05, 4.69) is 17.0 Å². The summed E-state index contributed by atoms with van der Waals surface area (Å²) < 4.78 is 0. The zero-order valence-corrected chi connectivity index (χ0v) is 13.3. The van der Waals surface area contributed by atoms with E-state index in [0.717, 1.165) is 11.1 Å². The molecule has 0 aliphatic heterocycles. The molecule has 0 aliphatic carbocycles. The number of benzene rings is 2. The quantitative estimate of drug-likeness (QED) is 0.826. The van der Waals surface area contributed by atoms with Gasteiger partial charge < -0.3 is 10.2 Å². The molecular formula is C19H25NO2. The molecular weight excluding hydrogens is 274 g/mol. The van der Waals surface area contributed by atoms with Crippen LogP contribution in [0.25, 0.3) is 0 Å². The van der Waals surface area contributed by atoms with Gasteiger partial charge in [0.1, 0.15) is 0 Å². The monoisotopic (exact) mass is 299 g/mol. The number of aryl methyl sites for hydroxylation is 1. The van der Waals surface area contributed by atoms with E-state index in [0.29, 0.717) is 13.1 Å². The Morgan fingerprint density at radius 2 is 1.64 bits per heavy atom. The first kappa shape index (κ1) is 16.7. The van der Waals surface area contributed by atoms with Crippen molar-refractivity contribution in [3.63, 3.8) is 0 Å². The molecule has 0 amide bonds. The van der Waals surface area contributed by atoms with Gasteiger partial charge in [-0.15, -0.1) is 0 Å². The van der Waals surface area contributed by atoms with E-state index < -0.39 is 6.10 Å². The van der Waals surface area contributed by atoms with Crippen molar-refractivity contribution >= 4 is 0 Å². The van der Waals surface area contributed by atoms with Crippen LogP contribution in [0.4, 0.5) is 0 Å². The van der Waals surface area contributed by atoms with E-state index in [1.807, 2.05) is 56.3 Å². The molecule has 2 rings (SSSR count). The molecule has 0 fully saturated rings. The third-order valence-corrected chi connectivity index (χ3v) is 4.16. The zero-order valence-electron chi connectivity index (χ0n) is 13.3. The van der Waals surface area contributed by atoms with Gasteiger partial charge in [0.15, 0.2) is 0 Å². The normalized spacial score (nSPS) is 14.0. The minimum atomic E-state index is -0.573. The molecule has 3 heteroatoms. The first-order valence-corrected chi connectivity index (χ1v) is 7.76. The van der Waals surface area contributed by atoms with Crippen molar-refractivity contribution in [2.75, 3.05) is 13.2 Å². The first-order chi connectivity index (χ1) is 10.6. The Kier molecular flexibility index (Phi) is 6.13. The SMILES string of the molecule is Cc1ccccc1C(O)C(C)N(CCO)Cc1ccccc1. The molecule has 2 atom stereocenters. The zero-order chi connectivity index (χ0) is 15.9. The van der Waals surface area contributed by atoms with Crippen LogP contribution in [-0.4, -0.2) is 34.3 Å². The van der Waals surface area contributed by atoms with Crippen LogP contribution in [0.5, 0.6) is 0 Å². The molecule has 0 aromatic heterocycles. The summed E-state index contributed by atoms with van der Waals surface area (Å²) in [7, 11) is 0. The summed E-state index contributed by atoms with van der Waals surface area (Å²) in [5.41, 5.74) is 3.22. The van der Waals surface area contributed by atoms with E-state index in [1.165, 1.54) is 5.56 Å². The fourth-order valence-corrected chi connectivity index (χ4v) is 2.75. The van der Waals surface area contributed by atoms with Crippen LogP contribution in [-0.2, 0) is 6.54 Å². The lowest BCUT2D eigenvalue weighted by Crippen LogP contribution is -2.39. The predicted octanol–water partition coefficient (Wildman–Crippen LogP) is 2.91. The predicted molar refractivity (Wildman–Crippen MR) is 89.5 cm³/mol. The van der Waals surface area contributed by atoms with Crippen molar-refractivity contribution in [3.05, 3.63) is 71.3 Å². The fraction of sp³-hybridized carbons (Fsp3) is 0.368. The van der Waals surface area contributed by atoms with Crippen LogP contribution in [0.15, 0.2) is 54.6 Å². The maximum atomic E-state index is 10.7. The van der Waals surface area contributed by atoms with Crippen LogP contribution in [0.2, 0.25) is 0 Å². The molecule has 0 bridgehead atoms. The number of nitrogens with zero attached hydrogens (tertiary/aromatic N) is 1. The largest absolute Gasteiger partial charge is 0.395 e. The maximum Gasteiger partial charge on any atom is 0.0945 e. The van der Waals surface area contributed by atoms with Crippen molar-refractivity contribution < 1.29 is 10.2 Å². The maximum absolute atomic E-state index is 10.7. The molecule has 0 spiro atoms. The smallest absolute Gasteiger partial charge is 0.0945 e. The second-order valence-corrected chi connectivity index (χ2v) is 5.72. The van der Waals surface area contributed by atoms with Crippen LogP contribution in [0, 0.1) is 6.92 Å². The fourth-order valence-electron chi connectivity index (χ4n) is 2.75. The van der Waals surface area contributed by atoms with E-state index in [4.69, 9.17) is 0 Å². The number of aliphatic hydroxyl groups excluding tert-OH is 2. The van der Waals surface area contributed by atoms with Gasteiger partial charge in [0, 0.05) is 19.1 Å². The van der Waals surface area contributed by atoms with Crippen LogP contribution >= 0.6 is 0 Å². The Morgan fingerprint density at radius 1 is 1.00 bits per heavy atom. The highest BCUT2D eigenvalue weighted by Crippen LogP contribution is 2.24. The van der Waals surface area contributed by atoms with Gasteiger partial charge in [-0.05, 0) is 30.5 Å². The number of hydrogen-bond acceptors (Lipinski definition) is 3. The summed E-state index contributed by atoms with van der Waals surface area (Å²) in [6, 6.07) is 18.0. The van der Waals surface area contributed by atoms with Crippen molar-refractivity contribution in [3.8, 4) is 0 Å². The first-order valence-electron chi connectivity index (χ1n) is 7.76. The summed E-state index contributed by atoms with van der Waals surface area (Å²) in [6.07, 6.45) is -0.573. The molecule has 2 unspecified atom stereocenters. The minimum absolute atomic E-state index is 0.0755. The summed E-state index contributed by atoms with van der Waals surface area (Å²) in [5.74, 6) is 0. The Hall–Kier alpha value is -1.68. The third-order valence-electron chi connectivity index (χ3n) is 4.16. The lowest BCUT2D eigenvalue weighted by atomic mass is 9.97. The van der Waals surface area contributed by atoms with Crippen molar-refractivity contribution in [2.45, 2.75) is 32.5 Å². The van der Waals surface area contributed by atoms with Gasteiger partial charge in [-0.3, -0.25) is 4.90 Å². The Labute approximate surface area is 132 Å². The average molecular weight is 299 g/mol. The van der Waals surface area contributed by atoms with E-state index >= 15 is 0 Å². The van der Waals surface area contributed by atoms with Gasteiger partial charge in [0.05, 0.1) is 12.7 Å². The lowest BCUT2D eigenvalue weighted by Gasteiger charge is -2.32. The number of aliphatic hydroxyl groups is 2. The second-order valence-electron chi connectivity index (χ2n) is 5.72. The Balaban J connectivity index is 2.15. The highest BCUT2D eigenvalue weighted by Gasteiger charge is 2.24. The summed E-state index contributed by atoms with van der Waals surface area (Å²) >= 11 is 0. The summed E-state index contributed by atoms with van der Waals surface area (Å²) in [5, 5.41) is 20.1. The molecule has 2 N–H and O–H groups in total. The third kappa shape index (κ3) is 4.17. The van der Waals surface area contributed by atoms with Gasteiger partial charge >= 0.3 is 0 Å². The molecule has 0 saturated carbocycles. The Bertz CT molecular complexity index is 571.